The average Bonchev–Trinajstić information content (AvgIpc) is 2.27. The number of aromatic hydroxyl groups is 1. The highest BCUT2D eigenvalue weighted by Crippen LogP contribution is 2.41. The molecule has 0 aliphatic carbocycles. The Morgan fingerprint density at radius 2 is 1.94 bits per heavy atom. The largest absolute Gasteiger partial charge is 0.504 e. The van der Waals surface area contributed by atoms with E-state index in [0.29, 0.717) is 16.9 Å². The molecule has 1 aromatic carbocycles. The summed E-state index contributed by atoms with van der Waals surface area (Å²) in [6.45, 7) is 1.59. The Hall–Kier alpha value is -2.17. The van der Waals surface area contributed by atoms with Gasteiger partial charge in [0.05, 0.1) is 14.2 Å². The Kier molecular flexibility index (Phi) is 3.98. The highest BCUT2D eigenvalue weighted by Gasteiger charge is 2.15. The van der Waals surface area contributed by atoms with Crippen molar-refractivity contribution in [3.63, 3.8) is 0 Å². The predicted molar refractivity (Wildman–Crippen MR) is 62.5 cm³/mol. The summed E-state index contributed by atoms with van der Waals surface area (Å²) < 4.78 is 10.0. The van der Waals surface area contributed by atoms with Crippen LogP contribution in [0, 0.1) is 0 Å². The second-order valence-corrected chi connectivity index (χ2v) is 3.36. The van der Waals surface area contributed by atoms with Crippen molar-refractivity contribution in [1.29, 1.82) is 0 Å². The molecule has 0 aromatic heterocycles. The lowest BCUT2D eigenvalue weighted by Gasteiger charge is -2.12. The molecular weight excluding hydrogens is 224 g/mol. The molecule has 0 saturated heterocycles. The molecule has 1 aromatic rings. The Bertz CT molecular complexity index is 462. The van der Waals surface area contributed by atoms with Gasteiger partial charge in [0.25, 0.3) is 0 Å². The average molecular weight is 238 g/mol. The summed E-state index contributed by atoms with van der Waals surface area (Å²) in [5.74, 6) is -0.640. The maximum absolute atomic E-state index is 10.6. The van der Waals surface area contributed by atoms with Crippen LogP contribution in [0.5, 0.6) is 17.2 Å². The van der Waals surface area contributed by atoms with E-state index >= 15 is 0 Å². The normalized spacial score (nSPS) is 11.1. The van der Waals surface area contributed by atoms with Gasteiger partial charge in [-0.3, -0.25) is 0 Å². The fraction of sp³-hybridized carbons (Fsp3) is 0.250. The van der Waals surface area contributed by atoms with Gasteiger partial charge in [-0.25, -0.2) is 4.79 Å². The van der Waals surface area contributed by atoms with Crippen LogP contribution in [0.15, 0.2) is 18.2 Å². The van der Waals surface area contributed by atoms with Gasteiger partial charge in [-0.15, -0.1) is 0 Å². The van der Waals surface area contributed by atoms with Crippen LogP contribution in [0.4, 0.5) is 0 Å². The van der Waals surface area contributed by atoms with Crippen molar-refractivity contribution in [3.05, 3.63) is 23.8 Å². The van der Waals surface area contributed by atoms with Gasteiger partial charge in [0, 0.05) is 11.6 Å². The first-order valence-corrected chi connectivity index (χ1v) is 4.86. The number of hydrogen-bond donors (Lipinski definition) is 2. The summed E-state index contributed by atoms with van der Waals surface area (Å²) >= 11 is 0. The lowest BCUT2D eigenvalue weighted by Crippen LogP contribution is -1.95. The van der Waals surface area contributed by atoms with Crippen LogP contribution in [-0.2, 0) is 4.79 Å². The van der Waals surface area contributed by atoms with Crippen LogP contribution in [0.3, 0.4) is 0 Å². The van der Waals surface area contributed by atoms with E-state index in [-0.39, 0.29) is 11.5 Å². The predicted octanol–water partition coefficient (Wildman–Crippen LogP) is 1.90. The molecule has 0 saturated carbocycles. The molecule has 0 unspecified atom stereocenters. The number of benzene rings is 1. The Morgan fingerprint density at radius 3 is 2.41 bits per heavy atom. The number of methoxy groups -OCH3 is 2. The number of phenols is 1. The molecule has 0 aliphatic heterocycles. The van der Waals surface area contributed by atoms with Gasteiger partial charge in [0.2, 0.25) is 5.75 Å². The number of allylic oxidation sites excluding steroid dienone is 1. The topological polar surface area (TPSA) is 76.0 Å². The molecule has 0 spiro atoms. The molecule has 0 bridgehead atoms. The number of rotatable bonds is 4. The zero-order valence-corrected chi connectivity index (χ0v) is 9.85. The number of ether oxygens (including phenoxy) is 2. The van der Waals surface area contributed by atoms with Crippen LogP contribution in [0.2, 0.25) is 0 Å². The van der Waals surface area contributed by atoms with Gasteiger partial charge in [-0.05, 0) is 24.6 Å². The third kappa shape index (κ3) is 2.69. The Balaban J connectivity index is 3.33. The molecule has 0 amide bonds. The van der Waals surface area contributed by atoms with Gasteiger partial charge in [-0.1, -0.05) is 0 Å². The van der Waals surface area contributed by atoms with Crippen LogP contribution in [0.1, 0.15) is 12.5 Å². The van der Waals surface area contributed by atoms with Crippen LogP contribution >= 0.6 is 0 Å². The van der Waals surface area contributed by atoms with Crippen molar-refractivity contribution in [3.8, 4) is 17.2 Å². The number of aliphatic carboxylic acids is 1. The van der Waals surface area contributed by atoms with Crippen molar-refractivity contribution in [1.82, 2.24) is 0 Å². The van der Waals surface area contributed by atoms with Crippen LogP contribution in [-0.4, -0.2) is 30.4 Å². The van der Waals surface area contributed by atoms with E-state index in [1.54, 1.807) is 19.1 Å². The standard InChI is InChI=1S/C12H14O5/c1-7(6-10(13)14)8-4-5-9(16-2)12(17-3)11(8)15/h4-6,15H,1-3H3,(H,13,14). The minimum absolute atomic E-state index is 0.137. The third-order valence-corrected chi connectivity index (χ3v) is 2.28. The fourth-order valence-electron chi connectivity index (χ4n) is 1.49. The molecule has 92 valence electrons. The monoisotopic (exact) mass is 238 g/mol. The smallest absolute Gasteiger partial charge is 0.328 e. The SMILES string of the molecule is COc1ccc(C(C)=CC(=O)O)c(O)c1OC. The number of phenolic OH excluding ortho intramolecular Hbond substituents is 1. The van der Waals surface area contributed by atoms with E-state index in [1.807, 2.05) is 0 Å². The lowest BCUT2D eigenvalue weighted by molar-refractivity contribution is -0.131. The molecule has 0 radical (unpaired) electrons. The van der Waals surface area contributed by atoms with E-state index in [0.717, 1.165) is 6.08 Å². The van der Waals surface area contributed by atoms with Crippen molar-refractivity contribution in [2.75, 3.05) is 14.2 Å². The first kappa shape index (κ1) is 12.9. The van der Waals surface area contributed by atoms with E-state index < -0.39 is 5.97 Å². The molecule has 0 fully saturated rings. The van der Waals surface area contributed by atoms with E-state index in [1.165, 1.54) is 14.2 Å². The molecular formula is C12H14O5. The molecule has 2 N–H and O–H groups in total. The number of carbonyl (C=O) groups is 1. The van der Waals surface area contributed by atoms with Gasteiger partial charge in [0.15, 0.2) is 11.5 Å². The molecule has 1 rings (SSSR count). The summed E-state index contributed by atoms with van der Waals surface area (Å²) in [6.07, 6.45) is 1.01. The van der Waals surface area contributed by atoms with E-state index in [4.69, 9.17) is 14.6 Å². The molecule has 0 atom stereocenters. The summed E-state index contributed by atoms with van der Waals surface area (Å²) in [7, 11) is 2.86. The number of carboxylic acids is 1. The van der Waals surface area contributed by atoms with Crippen LogP contribution < -0.4 is 9.47 Å². The van der Waals surface area contributed by atoms with Crippen molar-refractivity contribution in [2.24, 2.45) is 0 Å². The highest BCUT2D eigenvalue weighted by atomic mass is 16.5. The van der Waals surface area contributed by atoms with Crippen molar-refractivity contribution in [2.45, 2.75) is 6.92 Å². The maximum atomic E-state index is 10.6. The van der Waals surface area contributed by atoms with Gasteiger partial charge >= 0.3 is 5.97 Å². The molecule has 0 aliphatic rings. The Morgan fingerprint density at radius 1 is 1.29 bits per heavy atom. The van der Waals surface area contributed by atoms with Gasteiger partial charge < -0.3 is 19.7 Å². The highest BCUT2D eigenvalue weighted by molar-refractivity contribution is 5.91. The quantitative estimate of drug-likeness (QED) is 0.783. The molecule has 5 heteroatoms. The summed E-state index contributed by atoms with van der Waals surface area (Å²) in [6, 6.07) is 3.18. The van der Waals surface area contributed by atoms with Gasteiger partial charge in [0.1, 0.15) is 0 Å². The minimum atomic E-state index is -1.07. The van der Waals surface area contributed by atoms with E-state index in [9.17, 15) is 9.90 Å². The summed E-state index contributed by atoms with van der Waals surface area (Å²) in [5.41, 5.74) is 0.820. The zero-order valence-electron chi connectivity index (χ0n) is 9.85. The second kappa shape index (κ2) is 5.25. The number of hydrogen-bond acceptors (Lipinski definition) is 4. The molecule has 5 nitrogen and oxygen atoms in total. The molecule has 0 heterocycles. The molecule has 17 heavy (non-hydrogen) atoms. The van der Waals surface area contributed by atoms with Gasteiger partial charge in [-0.2, -0.15) is 0 Å². The van der Waals surface area contributed by atoms with Crippen LogP contribution in [0.25, 0.3) is 5.57 Å². The third-order valence-electron chi connectivity index (χ3n) is 2.28. The Labute approximate surface area is 98.9 Å². The number of carboxylic acid groups (broad SMARTS) is 1. The first-order chi connectivity index (χ1) is 8.01. The zero-order chi connectivity index (χ0) is 13.0. The maximum Gasteiger partial charge on any atom is 0.328 e. The summed E-state index contributed by atoms with van der Waals surface area (Å²) in [5, 5.41) is 18.6. The lowest BCUT2D eigenvalue weighted by atomic mass is 10.0. The van der Waals surface area contributed by atoms with Crippen molar-refractivity contribution >= 4 is 11.5 Å². The van der Waals surface area contributed by atoms with E-state index in [2.05, 4.69) is 0 Å². The fourth-order valence-corrected chi connectivity index (χ4v) is 1.49. The summed E-state index contributed by atoms with van der Waals surface area (Å²) in [4.78, 5) is 10.6. The second-order valence-electron chi connectivity index (χ2n) is 3.36. The minimum Gasteiger partial charge on any atom is -0.504 e. The van der Waals surface area contributed by atoms with Crippen molar-refractivity contribution < 1.29 is 24.5 Å². The first-order valence-electron chi connectivity index (χ1n) is 4.86.